The molecule has 0 aromatic heterocycles. The highest BCUT2D eigenvalue weighted by Crippen LogP contribution is 2.48. The van der Waals surface area contributed by atoms with Crippen molar-refractivity contribution in [2.24, 2.45) is 5.92 Å². The van der Waals surface area contributed by atoms with Crippen LogP contribution in [0.5, 0.6) is 0 Å². The summed E-state index contributed by atoms with van der Waals surface area (Å²) >= 11 is 2.99. The minimum atomic E-state index is -4.70. The third-order valence-corrected chi connectivity index (χ3v) is 8.14. The molecule has 1 saturated heterocycles. The van der Waals surface area contributed by atoms with E-state index in [2.05, 4.69) is 15.9 Å². The number of fused-ring (bicyclic) bond motifs is 1. The van der Waals surface area contributed by atoms with Crippen molar-refractivity contribution in [3.63, 3.8) is 0 Å². The summed E-state index contributed by atoms with van der Waals surface area (Å²) in [7, 11) is 0. The summed E-state index contributed by atoms with van der Waals surface area (Å²) < 4.78 is 75.4. The Balaban J connectivity index is 1.39. The smallest absolute Gasteiger partial charge is 0.411 e. The maximum absolute atomic E-state index is 14.3. The molecule has 0 N–H and O–H groups in total. The number of hydrogen-bond acceptors (Lipinski definition) is 4. The van der Waals surface area contributed by atoms with Crippen LogP contribution >= 0.6 is 15.9 Å². The number of allylic oxidation sites excluding steroid dienone is 2. The maximum Gasteiger partial charge on any atom is 0.411 e. The standard InChI is InChI=1S/C25H22BrF5N2O4/c26-20-18(28)9-17-16(21(20)35)7-8-24(17)12-32(23(36)37-24)11-19(34)33(10-13-1-5-15(27)6-2-13)22(14-3-4-14)25(29,30)31/h1-2,5-6,9,14,20,22H,3-4,7-8,10-12H2/t20?,22-,24?/m0/s1. The van der Waals surface area contributed by atoms with Crippen LogP contribution in [0.15, 0.2) is 47.3 Å². The van der Waals surface area contributed by atoms with E-state index < -0.39 is 71.1 Å². The van der Waals surface area contributed by atoms with Gasteiger partial charge in [-0.2, -0.15) is 13.2 Å². The molecular weight excluding hydrogens is 567 g/mol. The number of ketones is 1. The van der Waals surface area contributed by atoms with Crippen LogP contribution in [0, 0.1) is 11.7 Å². The van der Waals surface area contributed by atoms with E-state index in [-0.39, 0.29) is 25.0 Å². The first-order valence-corrected chi connectivity index (χ1v) is 12.7. The number of carbonyl (C=O) groups excluding carboxylic acids is 3. The number of Topliss-reactive ketones (excluding diaryl/α,β-unsaturated/α-hetero) is 1. The second-order valence-electron chi connectivity index (χ2n) is 9.84. The van der Waals surface area contributed by atoms with E-state index in [1.54, 1.807) is 0 Å². The van der Waals surface area contributed by atoms with Gasteiger partial charge in [-0.1, -0.05) is 28.1 Å². The fourth-order valence-electron chi connectivity index (χ4n) is 5.36. The van der Waals surface area contributed by atoms with E-state index in [0.29, 0.717) is 28.9 Å². The zero-order valence-corrected chi connectivity index (χ0v) is 20.9. The molecule has 3 atom stereocenters. The number of nitrogens with zero attached hydrogens (tertiary/aromatic N) is 2. The van der Waals surface area contributed by atoms with Gasteiger partial charge < -0.3 is 9.64 Å². The Morgan fingerprint density at radius 3 is 2.49 bits per heavy atom. The lowest BCUT2D eigenvalue weighted by atomic mass is 9.90. The molecule has 1 heterocycles. The van der Waals surface area contributed by atoms with Crippen molar-refractivity contribution in [1.29, 1.82) is 0 Å². The molecule has 12 heteroatoms. The molecule has 1 spiro atoms. The Bertz CT molecular complexity index is 1210. The van der Waals surface area contributed by atoms with Crippen molar-refractivity contribution in [1.82, 2.24) is 9.80 Å². The van der Waals surface area contributed by atoms with Gasteiger partial charge in [0.25, 0.3) is 0 Å². The van der Waals surface area contributed by atoms with Gasteiger partial charge in [0.05, 0.1) is 6.54 Å². The number of alkyl halides is 4. The van der Waals surface area contributed by atoms with Crippen molar-refractivity contribution in [3.05, 3.63) is 58.7 Å². The van der Waals surface area contributed by atoms with Crippen LogP contribution in [0.4, 0.5) is 26.7 Å². The van der Waals surface area contributed by atoms with Gasteiger partial charge in [-0.3, -0.25) is 14.5 Å². The summed E-state index contributed by atoms with van der Waals surface area (Å²) in [5.74, 6) is -3.48. The van der Waals surface area contributed by atoms with Crippen LogP contribution in [0.25, 0.3) is 0 Å². The Morgan fingerprint density at radius 1 is 1.19 bits per heavy atom. The molecule has 1 aromatic rings. The van der Waals surface area contributed by atoms with Crippen molar-refractivity contribution in [3.8, 4) is 0 Å². The van der Waals surface area contributed by atoms with Crippen molar-refractivity contribution in [2.75, 3.05) is 13.1 Å². The Hall–Kier alpha value is -2.76. The SMILES string of the molecule is O=C1C2=C(C=C(F)C1Br)C1(CC2)CN(CC(=O)N(Cc2ccc(F)cc2)[C@@H](C2CC2)C(F)(F)F)C(=O)O1. The van der Waals surface area contributed by atoms with Crippen molar-refractivity contribution >= 4 is 33.7 Å². The van der Waals surface area contributed by atoms with Crippen LogP contribution < -0.4 is 0 Å². The van der Waals surface area contributed by atoms with Crippen LogP contribution in [0.3, 0.4) is 0 Å². The average molecular weight is 589 g/mol. The lowest BCUT2D eigenvalue weighted by molar-refractivity contribution is -0.196. The first-order chi connectivity index (χ1) is 17.4. The minimum absolute atomic E-state index is 0.190. The second-order valence-corrected chi connectivity index (χ2v) is 10.8. The molecule has 2 unspecified atom stereocenters. The highest BCUT2D eigenvalue weighted by atomic mass is 79.9. The van der Waals surface area contributed by atoms with E-state index >= 15 is 0 Å². The summed E-state index contributed by atoms with van der Waals surface area (Å²) in [5.41, 5.74) is -0.494. The van der Waals surface area contributed by atoms with Crippen LogP contribution in [0.1, 0.15) is 31.2 Å². The molecule has 5 rings (SSSR count). The Labute approximate surface area is 217 Å². The third-order valence-electron chi connectivity index (χ3n) is 7.29. The molecule has 0 bridgehead atoms. The predicted molar refractivity (Wildman–Crippen MR) is 123 cm³/mol. The number of carbonyl (C=O) groups is 3. The number of ether oxygens (including phenoxy) is 1. The highest BCUT2D eigenvalue weighted by Gasteiger charge is 2.56. The first-order valence-electron chi connectivity index (χ1n) is 11.8. The molecule has 3 aliphatic carbocycles. The number of amides is 2. The highest BCUT2D eigenvalue weighted by molar-refractivity contribution is 9.10. The lowest BCUT2D eigenvalue weighted by Gasteiger charge is -2.34. The van der Waals surface area contributed by atoms with Gasteiger partial charge in [-0.25, -0.2) is 13.6 Å². The van der Waals surface area contributed by atoms with Gasteiger partial charge in [-0.15, -0.1) is 0 Å². The molecule has 1 aliphatic heterocycles. The van der Waals surface area contributed by atoms with Gasteiger partial charge in [0, 0.05) is 17.7 Å². The maximum atomic E-state index is 14.3. The molecule has 37 heavy (non-hydrogen) atoms. The number of benzene rings is 1. The van der Waals surface area contributed by atoms with Crippen molar-refractivity contribution < 1.29 is 41.1 Å². The zero-order valence-electron chi connectivity index (χ0n) is 19.4. The van der Waals surface area contributed by atoms with Gasteiger partial charge in [0.15, 0.2) is 11.4 Å². The van der Waals surface area contributed by atoms with E-state index in [9.17, 15) is 36.3 Å². The van der Waals surface area contributed by atoms with E-state index in [1.165, 1.54) is 12.1 Å². The second kappa shape index (κ2) is 9.21. The molecule has 1 aromatic carbocycles. The Morgan fingerprint density at radius 2 is 1.86 bits per heavy atom. The summed E-state index contributed by atoms with van der Waals surface area (Å²) in [6, 6.07) is 2.75. The first kappa shape index (κ1) is 25.9. The minimum Gasteiger partial charge on any atom is -0.436 e. The summed E-state index contributed by atoms with van der Waals surface area (Å²) in [6.45, 7) is -1.31. The van der Waals surface area contributed by atoms with Gasteiger partial charge >= 0.3 is 12.3 Å². The van der Waals surface area contributed by atoms with Gasteiger partial charge in [0.1, 0.15) is 29.1 Å². The van der Waals surface area contributed by atoms with Gasteiger partial charge in [0.2, 0.25) is 5.91 Å². The fourth-order valence-corrected chi connectivity index (χ4v) is 5.76. The summed E-state index contributed by atoms with van der Waals surface area (Å²) in [4.78, 5) is 39.1. The fraction of sp³-hybridized carbons (Fsp3) is 0.480. The molecule has 2 amide bonds. The molecule has 6 nitrogen and oxygen atoms in total. The van der Waals surface area contributed by atoms with Crippen molar-refractivity contribution in [2.45, 2.75) is 54.9 Å². The zero-order chi connectivity index (χ0) is 26.7. The van der Waals surface area contributed by atoms with E-state index in [0.717, 1.165) is 23.1 Å². The summed E-state index contributed by atoms with van der Waals surface area (Å²) in [6.07, 6.45) is -3.44. The topological polar surface area (TPSA) is 66.9 Å². The number of hydrogen-bond donors (Lipinski definition) is 0. The Kier molecular flexibility index (Phi) is 6.44. The third kappa shape index (κ3) is 4.80. The monoisotopic (exact) mass is 588 g/mol. The van der Waals surface area contributed by atoms with Crippen LogP contribution in [-0.2, 0) is 20.9 Å². The average Bonchev–Trinajstić information content (AvgIpc) is 3.52. The molecule has 4 aliphatic rings. The number of rotatable bonds is 6. The molecule has 0 radical (unpaired) electrons. The lowest BCUT2D eigenvalue weighted by Crippen LogP contribution is -2.52. The molecular formula is C25H22BrF5N2O4. The normalized spacial score (nSPS) is 26.4. The molecule has 1 saturated carbocycles. The number of halogens is 6. The quantitative estimate of drug-likeness (QED) is 0.347. The molecule has 198 valence electrons. The van der Waals surface area contributed by atoms with Crippen LogP contribution in [0.2, 0.25) is 0 Å². The molecule has 2 fully saturated rings. The van der Waals surface area contributed by atoms with Gasteiger partial charge in [-0.05, 0) is 55.4 Å². The van der Waals surface area contributed by atoms with Crippen LogP contribution in [-0.4, -0.2) is 63.3 Å². The van der Waals surface area contributed by atoms with E-state index in [4.69, 9.17) is 4.74 Å². The largest absolute Gasteiger partial charge is 0.436 e. The predicted octanol–water partition coefficient (Wildman–Crippen LogP) is 4.98. The van der Waals surface area contributed by atoms with E-state index in [1.807, 2.05) is 0 Å². The summed E-state index contributed by atoms with van der Waals surface area (Å²) in [5, 5.41) is 0.